The third kappa shape index (κ3) is 1.88. The predicted molar refractivity (Wildman–Crippen MR) is 62.5 cm³/mol. The van der Waals surface area contributed by atoms with E-state index in [0.717, 1.165) is 18.2 Å². The third-order valence-corrected chi connectivity index (χ3v) is 2.97. The van der Waals surface area contributed by atoms with Crippen LogP contribution in [-0.2, 0) is 7.05 Å². The first-order valence-corrected chi connectivity index (χ1v) is 5.27. The summed E-state index contributed by atoms with van der Waals surface area (Å²) in [5.74, 6) is -2.25. The molecule has 0 aliphatic rings. The Morgan fingerprint density at radius 3 is 2.50 bits per heavy atom. The van der Waals surface area contributed by atoms with Gasteiger partial charge >= 0.3 is 5.97 Å². The summed E-state index contributed by atoms with van der Waals surface area (Å²) >= 11 is 0. The van der Waals surface area contributed by atoms with Crippen LogP contribution in [0.5, 0.6) is 0 Å². The number of carboxylic acids is 1. The van der Waals surface area contributed by atoms with E-state index < -0.39 is 17.6 Å². The number of benzene rings is 1. The van der Waals surface area contributed by atoms with Gasteiger partial charge in [0.25, 0.3) is 0 Å². The predicted octanol–water partition coefficient (Wildman–Crippen LogP) is 2.98. The van der Waals surface area contributed by atoms with E-state index in [9.17, 15) is 13.6 Å². The van der Waals surface area contributed by atoms with Crippen molar-refractivity contribution < 1.29 is 18.7 Å². The van der Waals surface area contributed by atoms with Gasteiger partial charge in [-0.1, -0.05) is 0 Å². The monoisotopic (exact) mass is 251 g/mol. The van der Waals surface area contributed by atoms with Crippen molar-refractivity contribution in [3.8, 4) is 11.3 Å². The van der Waals surface area contributed by atoms with Gasteiger partial charge in [0.05, 0.1) is 11.3 Å². The van der Waals surface area contributed by atoms with Crippen molar-refractivity contribution in [3.63, 3.8) is 0 Å². The Kier molecular flexibility index (Phi) is 2.90. The maximum atomic E-state index is 13.6. The standard InChI is InChI=1S/C13H11F2NO2/c1-7-9(13(17)18)6-12(16(7)2)10-5-8(14)3-4-11(10)15/h3-6H,1-2H3,(H,17,18). The molecule has 94 valence electrons. The molecule has 5 heteroatoms. The Balaban J connectivity index is 2.68. The van der Waals surface area contributed by atoms with Crippen LogP contribution in [0.25, 0.3) is 11.3 Å². The number of aromatic carboxylic acids is 1. The molecular weight excluding hydrogens is 240 g/mol. The van der Waals surface area contributed by atoms with Crippen LogP contribution in [0.1, 0.15) is 16.1 Å². The summed E-state index contributed by atoms with van der Waals surface area (Å²) < 4.78 is 28.3. The zero-order chi connectivity index (χ0) is 13.4. The number of rotatable bonds is 2. The Hall–Kier alpha value is -2.17. The molecule has 0 saturated carbocycles. The van der Waals surface area contributed by atoms with Gasteiger partial charge in [-0.05, 0) is 31.2 Å². The molecule has 2 aromatic rings. The van der Waals surface area contributed by atoms with Gasteiger partial charge < -0.3 is 9.67 Å². The van der Waals surface area contributed by atoms with Crippen LogP contribution in [0.15, 0.2) is 24.3 Å². The second kappa shape index (κ2) is 4.25. The maximum absolute atomic E-state index is 13.6. The number of carboxylic acid groups (broad SMARTS) is 1. The van der Waals surface area contributed by atoms with E-state index in [4.69, 9.17) is 5.11 Å². The minimum Gasteiger partial charge on any atom is -0.478 e. The van der Waals surface area contributed by atoms with Crippen LogP contribution in [0.4, 0.5) is 8.78 Å². The molecule has 0 atom stereocenters. The summed E-state index contributed by atoms with van der Waals surface area (Å²) in [7, 11) is 1.61. The molecule has 0 fully saturated rings. The highest BCUT2D eigenvalue weighted by atomic mass is 19.1. The number of hydrogen-bond acceptors (Lipinski definition) is 1. The highest BCUT2D eigenvalue weighted by Crippen LogP contribution is 2.27. The van der Waals surface area contributed by atoms with E-state index in [1.54, 1.807) is 14.0 Å². The first-order chi connectivity index (χ1) is 8.41. The fourth-order valence-electron chi connectivity index (χ4n) is 1.87. The van der Waals surface area contributed by atoms with E-state index >= 15 is 0 Å². The van der Waals surface area contributed by atoms with Gasteiger partial charge in [-0.3, -0.25) is 0 Å². The third-order valence-electron chi connectivity index (χ3n) is 2.97. The van der Waals surface area contributed by atoms with Gasteiger partial charge in [0.2, 0.25) is 0 Å². The number of aromatic nitrogens is 1. The average Bonchev–Trinajstić information content (AvgIpc) is 2.60. The molecule has 0 amide bonds. The first-order valence-electron chi connectivity index (χ1n) is 5.27. The smallest absolute Gasteiger partial charge is 0.337 e. The highest BCUT2D eigenvalue weighted by molar-refractivity contribution is 5.91. The quantitative estimate of drug-likeness (QED) is 0.891. The van der Waals surface area contributed by atoms with E-state index in [0.29, 0.717) is 11.4 Å². The summed E-state index contributed by atoms with van der Waals surface area (Å²) in [4.78, 5) is 11.0. The number of halogens is 2. The molecule has 0 aliphatic heterocycles. The van der Waals surface area contributed by atoms with Crippen LogP contribution >= 0.6 is 0 Å². The van der Waals surface area contributed by atoms with Crippen molar-refractivity contribution in [1.82, 2.24) is 4.57 Å². The zero-order valence-electron chi connectivity index (χ0n) is 9.87. The van der Waals surface area contributed by atoms with Gasteiger partial charge in [-0.2, -0.15) is 0 Å². The highest BCUT2D eigenvalue weighted by Gasteiger charge is 2.18. The van der Waals surface area contributed by atoms with Crippen LogP contribution < -0.4 is 0 Å². The van der Waals surface area contributed by atoms with E-state index in [2.05, 4.69) is 0 Å². The number of carbonyl (C=O) groups is 1. The Morgan fingerprint density at radius 1 is 1.28 bits per heavy atom. The van der Waals surface area contributed by atoms with Crippen molar-refractivity contribution in [1.29, 1.82) is 0 Å². The molecule has 0 unspecified atom stereocenters. The summed E-state index contributed by atoms with van der Waals surface area (Å²) in [6, 6.07) is 4.44. The molecule has 0 aliphatic carbocycles. The molecule has 0 spiro atoms. The Labute approximate surface area is 102 Å². The molecule has 0 saturated heterocycles. The Morgan fingerprint density at radius 2 is 1.94 bits per heavy atom. The van der Waals surface area contributed by atoms with Crippen molar-refractivity contribution >= 4 is 5.97 Å². The van der Waals surface area contributed by atoms with Gasteiger partial charge in [-0.15, -0.1) is 0 Å². The van der Waals surface area contributed by atoms with Gasteiger partial charge in [0.15, 0.2) is 0 Å². The van der Waals surface area contributed by atoms with E-state index in [1.807, 2.05) is 0 Å². The zero-order valence-corrected chi connectivity index (χ0v) is 9.87. The average molecular weight is 251 g/mol. The van der Waals surface area contributed by atoms with E-state index in [1.165, 1.54) is 10.6 Å². The normalized spacial score (nSPS) is 10.7. The van der Waals surface area contributed by atoms with Gasteiger partial charge in [0, 0.05) is 18.3 Å². The minimum absolute atomic E-state index is 0.0492. The summed E-state index contributed by atoms with van der Waals surface area (Å²) in [5.41, 5.74) is 0.951. The fourth-order valence-corrected chi connectivity index (χ4v) is 1.87. The van der Waals surface area contributed by atoms with Crippen LogP contribution in [0.2, 0.25) is 0 Å². The summed E-state index contributed by atoms with van der Waals surface area (Å²) in [6.07, 6.45) is 0. The largest absolute Gasteiger partial charge is 0.478 e. The summed E-state index contributed by atoms with van der Waals surface area (Å²) in [6.45, 7) is 1.62. The second-order valence-corrected chi connectivity index (χ2v) is 4.02. The molecule has 1 N–H and O–H groups in total. The second-order valence-electron chi connectivity index (χ2n) is 4.02. The van der Waals surface area contributed by atoms with Crippen molar-refractivity contribution in [2.45, 2.75) is 6.92 Å². The summed E-state index contributed by atoms with van der Waals surface area (Å²) in [5, 5.41) is 8.99. The first kappa shape index (κ1) is 12.3. The Bertz CT molecular complexity index is 632. The molecule has 2 rings (SSSR count). The molecule has 0 radical (unpaired) electrons. The molecule has 3 nitrogen and oxygen atoms in total. The molecular formula is C13H11F2NO2. The van der Waals surface area contributed by atoms with Crippen molar-refractivity contribution in [3.05, 3.63) is 47.2 Å². The molecule has 18 heavy (non-hydrogen) atoms. The topological polar surface area (TPSA) is 42.2 Å². The fraction of sp³-hybridized carbons (Fsp3) is 0.154. The molecule has 0 bridgehead atoms. The van der Waals surface area contributed by atoms with Crippen LogP contribution in [0, 0.1) is 18.6 Å². The van der Waals surface area contributed by atoms with Crippen molar-refractivity contribution in [2.24, 2.45) is 7.05 Å². The number of nitrogens with zero attached hydrogens (tertiary/aromatic N) is 1. The minimum atomic E-state index is -1.09. The number of hydrogen-bond donors (Lipinski definition) is 1. The van der Waals surface area contributed by atoms with Crippen LogP contribution in [-0.4, -0.2) is 15.6 Å². The van der Waals surface area contributed by atoms with Gasteiger partial charge in [-0.25, -0.2) is 13.6 Å². The SMILES string of the molecule is Cc1c(C(=O)O)cc(-c2cc(F)ccc2F)n1C. The van der Waals surface area contributed by atoms with Gasteiger partial charge in [0.1, 0.15) is 11.6 Å². The van der Waals surface area contributed by atoms with Crippen molar-refractivity contribution in [2.75, 3.05) is 0 Å². The van der Waals surface area contributed by atoms with Crippen LogP contribution in [0.3, 0.4) is 0 Å². The lowest BCUT2D eigenvalue weighted by Crippen LogP contribution is -2.00. The lowest BCUT2D eigenvalue weighted by Gasteiger charge is -2.06. The lowest BCUT2D eigenvalue weighted by molar-refractivity contribution is 0.0696. The molecule has 1 heterocycles. The molecule has 1 aromatic carbocycles. The molecule has 1 aromatic heterocycles. The lowest BCUT2D eigenvalue weighted by atomic mass is 10.1. The maximum Gasteiger partial charge on any atom is 0.337 e. The van der Waals surface area contributed by atoms with E-state index in [-0.39, 0.29) is 11.1 Å².